The molecule has 0 aromatic heterocycles. The van der Waals surface area contributed by atoms with Gasteiger partial charge in [0.2, 0.25) is 11.8 Å². The summed E-state index contributed by atoms with van der Waals surface area (Å²) in [5.74, 6) is -3.71. The summed E-state index contributed by atoms with van der Waals surface area (Å²) in [6, 6.07) is 28.0. The molecule has 4 aromatic carbocycles. The second kappa shape index (κ2) is 8.96. The van der Waals surface area contributed by atoms with Gasteiger partial charge >= 0.3 is 5.97 Å². The van der Waals surface area contributed by atoms with Crippen molar-refractivity contribution in [2.24, 2.45) is 11.8 Å². The molecule has 202 valence electrons. The zero-order valence-electron chi connectivity index (χ0n) is 21.2. The molecule has 0 unspecified atom stereocenters. The monoisotopic (exact) mass is 670 g/mol. The van der Waals surface area contributed by atoms with E-state index in [1.165, 1.54) is 29.2 Å². The quantitative estimate of drug-likeness (QED) is 0.203. The number of carboxylic acids is 1. The molecule has 0 spiro atoms. The van der Waals surface area contributed by atoms with E-state index in [2.05, 4.69) is 37.2 Å². The number of hydrogen-bond acceptors (Lipinski definition) is 4. The number of benzene rings is 4. The maximum atomic E-state index is 14.2. The molecule has 1 fully saturated rings. The fourth-order valence-corrected chi connectivity index (χ4v) is 8.96. The number of hydrogen-bond donors (Lipinski definition) is 2. The molecule has 7 nitrogen and oxygen atoms in total. The third-order valence-electron chi connectivity index (χ3n) is 8.38. The Balaban J connectivity index is 1.26. The number of amides is 3. The lowest BCUT2D eigenvalue weighted by Crippen LogP contribution is -2.56. The number of carbonyl (C=O) groups is 4. The number of anilines is 2. The number of carbonyl (C=O) groups excluding carboxylic acids is 3. The first-order valence-electron chi connectivity index (χ1n) is 12.9. The van der Waals surface area contributed by atoms with Gasteiger partial charge in [-0.1, -0.05) is 92.5 Å². The van der Waals surface area contributed by atoms with Crippen molar-refractivity contribution in [3.63, 3.8) is 0 Å². The Morgan fingerprint density at radius 3 is 1.59 bits per heavy atom. The van der Waals surface area contributed by atoms with E-state index in [9.17, 15) is 24.3 Å². The molecule has 4 aromatic rings. The Morgan fingerprint density at radius 1 is 0.683 bits per heavy atom. The van der Waals surface area contributed by atoms with Gasteiger partial charge in [0.1, 0.15) is 0 Å². The van der Waals surface area contributed by atoms with Crippen LogP contribution in [0.1, 0.15) is 43.0 Å². The zero-order valence-corrected chi connectivity index (χ0v) is 24.3. The molecule has 3 aliphatic carbocycles. The Morgan fingerprint density at radius 2 is 1.12 bits per heavy atom. The number of halogens is 2. The van der Waals surface area contributed by atoms with E-state index in [1.54, 1.807) is 24.3 Å². The molecule has 1 heterocycles. The van der Waals surface area contributed by atoms with Gasteiger partial charge in [0.25, 0.3) is 5.91 Å². The van der Waals surface area contributed by atoms with Crippen molar-refractivity contribution >= 4 is 66.9 Å². The molecule has 2 N–H and O–H groups in total. The predicted molar refractivity (Wildman–Crippen MR) is 160 cm³/mol. The molecular formula is C32H20Br2N2O5. The first-order valence-corrected chi connectivity index (χ1v) is 14.5. The Labute approximate surface area is 251 Å². The minimum atomic E-state index is -1.16. The number of imide groups is 1. The molecule has 0 saturated carbocycles. The average molecular weight is 672 g/mol. The standard InChI is InChI=1S/C32H20Br2N2O5/c33-31-20-8-2-3-9-21(20)32(34,23-11-5-4-10-22(23)31)26-25(31)28(38)36(29(26)39)18-15-13-17(14-16-18)27(37)35-24-12-6-1-7-19(24)30(40)41/h1-16,25-26H,(H,35,37)(H,40,41)/t25-,26-,31?,32?/m1/s1. The molecule has 1 saturated heterocycles. The number of nitrogens with one attached hydrogen (secondary N) is 1. The van der Waals surface area contributed by atoms with Gasteiger partial charge in [0.15, 0.2) is 0 Å². The second-order valence-electron chi connectivity index (χ2n) is 10.3. The summed E-state index contributed by atoms with van der Waals surface area (Å²) in [4.78, 5) is 54.0. The van der Waals surface area contributed by atoms with Gasteiger partial charge in [-0.05, 0) is 58.7 Å². The first kappa shape index (κ1) is 25.9. The SMILES string of the molecule is O=C(Nc1ccccc1C(=O)O)c1ccc(N2C(=O)[C@H]3[C@H](C2=O)C2(Br)c4ccccc4C3(Br)c3ccccc32)cc1. The van der Waals surface area contributed by atoms with Crippen LogP contribution in [-0.2, 0) is 18.2 Å². The predicted octanol–water partition coefficient (Wildman–Crippen LogP) is 6.05. The molecule has 9 heteroatoms. The largest absolute Gasteiger partial charge is 0.478 e. The minimum Gasteiger partial charge on any atom is -0.478 e. The van der Waals surface area contributed by atoms with E-state index in [0.717, 1.165) is 22.3 Å². The zero-order chi connectivity index (χ0) is 28.7. The molecule has 2 bridgehead atoms. The fraction of sp³-hybridized carbons (Fsp3) is 0.125. The van der Waals surface area contributed by atoms with E-state index < -0.39 is 32.4 Å². The van der Waals surface area contributed by atoms with Crippen molar-refractivity contribution in [2.75, 3.05) is 10.2 Å². The van der Waals surface area contributed by atoms with E-state index >= 15 is 0 Å². The van der Waals surface area contributed by atoms with Crippen molar-refractivity contribution in [3.05, 3.63) is 130 Å². The third kappa shape index (κ3) is 3.36. The summed E-state index contributed by atoms with van der Waals surface area (Å²) in [5.41, 5.74) is 4.56. The van der Waals surface area contributed by atoms with E-state index in [0.29, 0.717) is 5.69 Å². The number of carboxylic acid groups (broad SMARTS) is 1. The highest BCUT2D eigenvalue weighted by Crippen LogP contribution is 2.70. The van der Waals surface area contributed by atoms with Crippen LogP contribution >= 0.6 is 31.9 Å². The van der Waals surface area contributed by atoms with Crippen LogP contribution in [-0.4, -0.2) is 28.8 Å². The van der Waals surface area contributed by atoms with E-state index in [-0.39, 0.29) is 28.6 Å². The van der Waals surface area contributed by atoms with E-state index in [4.69, 9.17) is 0 Å². The lowest BCUT2D eigenvalue weighted by molar-refractivity contribution is -0.122. The van der Waals surface area contributed by atoms with E-state index in [1.807, 2.05) is 48.5 Å². The van der Waals surface area contributed by atoms with Crippen molar-refractivity contribution in [1.82, 2.24) is 0 Å². The highest BCUT2D eigenvalue weighted by atomic mass is 79.9. The number of para-hydroxylation sites is 1. The maximum Gasteiger partial charge on any atom is 0.337 e. The first-order chi connectivity index (χ1) is 19.7. The topological polar surface area (TPSA) is 104 Å². The van der Waals surface area contributed by atoms with Crippen LogP contribution in [0.5, 0.6) is 0 Å². The molecule has 41 heavy (non-hydrogen) atoms. The van der Waals surface area contributed by atoms with Crippen molar-refractivity contribution in [2.45, 2.75) is 8.65 Å². The molecule has 3 amide bonds. The summed E-state index contributed by atoms with van der Waals surface area (Å²) in [6.45, 7) is 0. The Hall–Kier alpha value is -4.08. The Bertz CT molecular complexity index is 1700. The minimum absolute atomic E-state index is 0.0302. The summed E-state index contributed by atoms with van der Waals surface area (Å²) >= 11 is 7.98. The van der Waals surface area contributed by atoms with Gasteiger partial charge in [-0.25, -0.2) is 9.69 Å². The number of nitrogens with zero attached hydrogens (tertiary/aromatic N) is 1. The van der Waals surface area contributed by atoms with Crippen LogP contribution in [0.2, 0.25) is 0 Å². The van der Waals surface area contributed by atoms with Crippen LogP contribution in [0.15, 0.2) is 97.1 Å². The molecule has 0 radical (unpaired) electrons. The normalized spacial score (nSPS) is 25.4. The smallest absolute Gasteiger partial charge is 0.337 e. The van der Waals surface area contributed by atoms with Crippen LogP contribution < -0.4 is 10.2 Å². The number of aromatic carboxylic acids is 1. The van der Waals surface area contributed by atoms with Crippen molar-refractivity contribution in [3.8, 4) is 0 Å². The highest BCUT2D eigenvalue weighted by molar-refractivity contribution is 9.10. The maximum absolute atomic E-state index is 14.2. The molecular weight excluding hydrogens is 652 g/mol. The molecule has 1 aliphatic heterocycles. The van der Waals surface area contributed by atoms with Gasteiger partial charge < -0.3 is 10.4 Å². The van der Waals surface area contributed by atoms with Crippen LogP contribution in [0.4, 0.5) is 11.4 Å². The summed E-state index contributed by atoms with van der Waals surface area (Å²) in [6.07, 6.45) is 0. The highest BCUT2D eigenvalue weighted by Gasteiger charge is 2.72. The van der Waals surface area contributed by atoms with Crippen molar-refractivity contribution in [1.29, 1.82) is 0 Å². The van der Waals surface area contributed by atoms with Crippen LogP contribution in [0.25, 0.3) is 0 Å². The van der Waals surface area contributed by atoms with Gasteiger partial charge in [-0.3, -0.25) is 14.4 Å². The van der Waals surface area contributed by atoms with Gasteiger partial charge in [-0.2, -0.15) is 0 Å². The number of rotatable bonds is 4. The fourth-order valence-electron chi connectivity index (χ4n) is 6.66. The van der Waals surface area contributed by atoms with Crippen LogP contribution in [0.3, 0.4) is 0 Å². The number of alkyl halides is 2. The molecule has 2 atom stereocenters. The molecule has 8 rings (SSSR count). The average Bonchev–Trinajstić information content (AvgIpc) is 3.27. The van der Waals surface area contributed by atoms with Crippen molar-refractivity contribution < 1.29 is 24.3 Å². The lowest BCUT2D eigenvalue weighted by Gasteiger charge is -2.55. The van der Waals surface area contributed by atoms with Gasteiger partial charge in [-0.15, -0.1) is 0 Å². The summed E-state index contributed by atoms with van der Waals surface area (Å²) in [7, 11) is 0. The Kier molecular flexibility index (Phi) is 5.65. The van der Waals surface area contributed by atoms with Gasteiger partial charge in [0, 0.05) is 5.56 Å². The second-order valence-corrected chi connectivity index (χ2v) is 12.8. The summed E-state index contributed by atoms with van der Waals surface area (Å²) in [5, 5.41) is 12.0. The van der Waals surface area contributed by atoms with Crippen LogP contribution in [0, 0.1) is 11.8 Å². The third-order valence-corrected chi connectivity index (χ3v) is 11.1. The molecule has 4 aliphatic rings. The lowest BCUT2D eigenvalue weighted by atomic mass is 9.54. The van der Waals surface area contributed by atoms with Gasteiger partial charge in [0.05, 0.1) is 37.4 Å². The summed E-state index contributed by atoms with van der Waals surface area (Å²) < 4.78 is -1.78.